The normalized spacial score (nSPS) is 14.1. The molecule has 0 aromatic carbocycles. The van der Waals surface area contributed by atoms with E-state index in [4.69, 9.17) is 5.11 Å². The Hall–Kier alpha value is 0.530. The van der Waals surface area contributed by atoms with Gasteiger partial charge in [-0.3, -0.25) is 0 Å². The van der Waals surface area contributed by atoms with E-state index in [-0.39, 0.29) is 10.8 Å². The second-order valence-electron chi connectivity index (χ2n) is 2.89. The molecule has 15 heavy (non-hydrogen) atoms. The molecule has 8 heteroatoms. The van der Waals surface area contributed by atoms with Crippen LogP contribution in [0.1, 0.15) is 6.92 Å². The zero-order chi connectivity index (χ0) is 11.6. The molecule has 0 radical (unpaired) electrons. The average Bonchev–Trinajstić information content (AvgIpc) is 2.45. The molecule has 1 rings (SSSR count). The first kappa shape index (κ1) is 13.6. The second-order valence-corrected chi connectivity index (χ2v) is 8.11. The highest BCUT2D eigenvalue weighted by molar-refractivity contribution is 9.13. The maximum absolute atomic E-state index is 11.6. The van der Waals surface area contributed by atoms with E-state index in [9.17, 15) is 8.42 Å². The Morgan fingerprint density at radius 1 is 1.60 bits per heavy atom. The SMILES string of the molecule is CC(O)CNS(=O)(=O)c1cc(Br)c(Br)s1. The summed E-state index contributed by atoms with van der Waals surface area (Å²) in [6, 6.07) is 1.51. The quantitative estimate of drug-likeness (QED) is 0.841. The largest absolute Gasteiger partial charge is 0.392 e. The van der Waals surface area contributed by atoms with Crippen LogP contribution in [0.3, 0.4) is 0 Å². The molecule has 0 amide bonds. The number of hydrogen-bond donors (Lipinski definition) is 2. The van der Waals surface area contributed by atoms with Gasteiger partial charge in [0.25, 0.3) is 0 Å². The molecule has 86 valence electrons. The molecule has 0 fully saturated rings. The van der Waals surface area contributed by atoms with Crippen LogP contribution in [0.15, 0.2) is 18.5 Å². The van der Waals surface area contributed by atoms with Crippen molar-refractivity contribution in [3.63, 3.8) is 0 Å². The van der Waals surface area contributed by atoms with Gasteiger partial charge in [-0.25, -0.2) is 13.1 Å². The molecule has 1 atom stereocenters. The van der Waals surface area contributed by atoms with Crippen LogP contribution in [-0.4, -0.2) is 26.2 Å². The molecule has 2 N–H and O–H groups in total. The standard InChI is InChI=1S/C7H9Br2NO3S2/c1-4(11)3-10-15(12,13)6-2-5(8)7(9)14-6/h2,4,10-11H,3H2,1H3. The van der Waals surface area contributed by atoms with Crippen LogP contribution >= 0.6 is 43.2 Å². The summed E-state index contributed by atoms with van der Waals surface area (Å²) in [5.41, 5.74) is 0. The van der Waals surface area contributed by atoms with E-state index < -0.39 is 16.1 Å². The monoisotopic (exact) mass is 377 g/mol. The topological polar surface area (TPSA) is 66.4 Å². The minimum absolute atomic E-state index is 0.00940. The molecule has 0 aliphatic heterocycles. The number of rotatable bonds is 4. The molecule has 4 nitrogen and oxygen atoms in total. The zero-order valence-electron chi connectivity index (χ0n) is 7.70. The molecule has 0 aliphatic carbocycles. The van der Waals surface area contributed by atoms with Crippen LogP contribution in [0.25, 0.3) is 0 Å². The smallest absolute Gasteiger partial charge is 0.250 e. The van der Waals surface area contributed by atoms with Gasteiger partial charge in [-0.05, 0) is 44.8 Å². The number of nitrogens with one attached hydrogen (secondary N) is 1. The number of thiophene rings is 1. The summed E-state index contributed by atoms with van der Waals surface area (Å²) >= 11 is 7.54. The summed E-state index contributed by atoms with van der Waals surface area (Å²) in [6.45, 7) is 1.53. The minimum atomic E-state index is -3.51. The predicted molar refractivity (Wildman–Crippen MR) is 66.6 cm³/mol. The number of halogens is 2. The zero-order valence-corrected chi connectivity index (χ0v) is 12.5. The summed E-state index contributed by atoms with van der Waals surface area (Å²) in [4.78, 5) is 0. The summed E-state index contributed by atoms with van der Waals surface area (Å²) in [5, 5.41) is 8.98. The van der Waals surface area contributed by atoms with Crippen LogP contribution in [0.4, 0.5) is 0 Å². The summed E-state index contributed by atoms with van der Waals surface area (Å²) in [5.74, 6) is 0. The van der Waals surface area contributed by atoms with E-state index in [0.717, 1.165) is 15.1 Å². The Kier molecular flexibility index (Phi) is 4.75. The van der Waals surface area contributed by atoms with Crippen molar-refractivity contribution < 1.29 is 13.5 Å². The number of aliphatic hydroxyl groups excluding tert-OH is 1. The van der Waals surface area contributed by atoms with Crippen molar-refractivity contribution in [2.75, 3.05) is 6.54 Å². The van der Waals surface area contributed by atoms with Crippen LogP contribution in [-0.2, 0) is 10.0 Å². The van der Waals surface area contributed by atoms with Gasteiger partial charge in [0, 0.05) is 11.0 Å². The number of sulfonamides is 1. The maximum atomic E-state index is 11.6. The van der Waals surface area contributed by atoms with E-state index in [1.807, 2.05) is 0 Å². The Morgan fingerprint density at radius 2 is 2.20 bits per heavy atom. The molecule has 1 unspecified atom stereocenters. The van der Waals surface area contributed by atoms with Crippen molar-refractivity contribution in [1.82, 2.24) is 4.72 Å². The van der Waals surface area contributed by atoms with E-state index in [2.05, 4.69) is 36.6 Å². The highest BCUT2D eigenvalue weighted by atomic mass is 79.9. The minimum Gasteiger partial charge on any atom is -0.392 e. The average molecular weight is 379 g/mol. The van der Waals surface area contributed by atoms with E-state index in [1.54, 1.807) is 0 Å². The Labute approximate surface area is 109 Å². The fraction of sp³-hybridized carbons (Fsp3) is 0.429. The number of aliphatic hydroxyl groups is 1. The molecule has 0 saturated carbocycles. The summed E-state index contributed by atoms with van der Waals surface area (Å²) < 4.78 is 27.2. The molecule has 1 aromatic heterocycles. The first-order valence-electron chi connectivity index (χ1n) is 3.95. The van der Waals surface area contributed by atoms with E-state index in [1.165, 1.54) is 13.0 Å². The molecular weight excluding hydrogens is 370 g/mol. The molecule has 0 saturated heterocycles. The maximum Gasteiger partial charge on any atom is 0.250 e. The van der Waals surface area contributed by atoms with Crippen LogP contribution in [0.5, 0.6) is 0 Å². The first-order valence-corrected chi connectivity index (χ1v) is 7.84. The highest BCUT2D eigenvalue weighted by Gasteiger charge is 2.18. The van der Waals surface area contributed by atoms with Crippen molar-refractivity contribution in [2.24, 2.45) is 0 Å². The molecule has 1 heterocycles. The van der Waals surface area contributed by atoms with Gasteiger partial charge in [-0.15, -0.1) is 11.3 Å². The molecule has 0 bridgehead atoms. The Bertz CT molecular complexity index is 422. The van der Waals surface area contributed by atoms with Crippen LogP contribution < -0.4 is 4.72 Å². The van der Waals surface area contributed by atoms with Gasteiger partial charge in [0.1, 0.15) is 4.21 Å². The summed E-state index contributed by atoms with van der Waals surface area (Å²) in [7, 11) is -3.51. The van der Waals surface area contributed by atoms with Crippen LogP contribution in [0, 0.1) is 0 Å². The lowest BCUT2D eigenvalue weighted by molar-refractivity contribution is 0.198. The fourth-order valence-electron chi connectivity index (χ4n) is 0.761. The first-order chi connectivity index (χ1) is 6.83. The third-order valence-corrected chi connectivity index (χ3v) is 6.61. The molecule has 0 spiro atoms. The van der Waals surface area contributed by atoms with Gasteiger partial charge in [0.05, 0.1) is 9.89 Å². The van der Waals surface area contributed by atoms with E-state index >= 15 is 0 Å². The fourth-order valence-corrected chi connectivity index (χ4v) is 4.75. The van der Waals surface area contributed by atoms with Crippen molar-refractivity contribution in [3.8, 4) is 0 Å². The molecule has 1 aromatic rings. The third-order valence-electron chi connectivity index (χ3n) is 1.46. The lowest BCUT2D eigenvalue weighted by Gasteiger charge is -2.05. The number of hydrogen-bond acceptors (Lipinski definition) is 4. The highest BCUT2D eigenvalue weighted by Crippen LogP contribution is 2.34. The van der Waals surface area contributed by atoms with Gasteiger partial charge in [-0.2, -0.15) is 0 Å². The second kappa shape index (κ2) is 5.24. The Morgan fingerprint density at radius 3 is 2.60 bits per heavy atom. The van der Waals surface area contributed by atoms with Gasteiger partial charge in [0.2, 0.25) is 10.0 Å². The third kappa shape index (κ3) is 3.79. The van der Waals surface area contributed by atoms with Gasteiger partial charge < -0.3 is 5.11 Å². The van der Waals surface area contributed by atoms with Gasteiger partial charge in [0.15, 0.2) is 0 Å². The van der Waals surface area contributed by atoms with Crippen LogP contribution in [0.2, 0.25) is 0 Å². The van der Waals surface area contributed by atoms with Gasteiger partial charge in [-0.1, -0.05) is 0 Å². The molecular formula is C7H9Br2NO3S2. The predicted octanol–water partition coefficient (Wildman–Crippen LogP) is 1.93. The van der Waals surface area contributed by atoms with E-state index in [0.29, 0.717) is 4.47 Å². The van der Waals surface area contributed by atoms with Crippen molar-refractivity contribution in [2.45, 2.75) is 17.2 Å². The van der Waals surface area contributed by atoms with Gasteiger partial charge >= 0.3 is 0 Å². The van der Waals surface area contributed by atoms with Crippen molar-refractivity contribution >= 4 is 53.2 Å². The van der Waals surface area contributed by atoms with Crippen molar-refractivity contribution in [3.05, 3.63) is 14.3 Å². The lowest BCUT2D eigenvalue weighted by Crippen LogP contribution is -2.30. The lowest BCUT2D eigenvalue weighted by atomic mass is 10.4. The van der Waals surface area contributed by atoms with Crippen molar-refractivity contribution in [1.29, 1.82) is 0 Å². The Balaban J connectivity index is 2.87. The molecule has 0 aliphatic rings. The summed E-state index contributed by atoms with van der Waals surface area (Å²) in [6.07, 6.45) is -0.702.